The van der Waals surface area contributed by atoms with Gasteiger partial charge in [0.05, 0.1) is 29.4 Å². The first-order chi connectivity index (χ1) is 12.6. The summed E-state index contributed by atoms with van der Waals surface area (Å²) in [5, 5.41) is 11.5. The molecule has 1 aliphatic rings. The molecule has 1 saturated heterocycles. The summed E-state index contributed by atoms with van der Waals surface area (Å²) in [5.74, 6) is 1.59. The molecule has 1 atom stereocenters. The van der Waals surface area contributed by atoms with E-state index in [0.29, 0.717) is 11.6 Å². The van der Waals surface area contributed by atoms with Crippen molar-refractivity contribution in [3.05, 3.63) is 35.5 Å². The highest BCUT2D eigenvalue weighted by atomic mass is 35.5. The van der Waals surface area contributed by atoms with E-state index in [1.807, 2.05) is 30.7 Å². The Morgan fingerprint density at radius 1 is 1.42 bits per heavy atom. The average Bonchev–Trinajstić information content (AvgIpc) is 3.24. The van der Waals surface area contributed by atoms with Crippen molar-refractivity contribution < 1.29 is 9.84 Å². The molecule has 7 heteroatoms. The van der Waals surface area contributed by atoms with Crippen LogP contribution in [0.1, 0.15) is 6.42 Å². The second-order valence-corrected chi connectivity index (χ2v) is 7.59. The molecule has 0 bridgehead atoms. The quantitative estimate of drug-likeness (QED) is 0.655. The minimum atomic E-state index is -0.317. The van der Waals surface area contributed by atoms with Crippen LogP contribution in [0.5, 0.6) is 5.75 Å². The van der Waals surface area contributed by atoms with Crippen molar-refractivity contribution in [1.82, 2.24) is 9.97 Å². The maximum atomic E-state index is 9.94. The summed E-state index contributed by atoms with van der Waals surface area (Å²) in [7, 11) is 1.65. The van der Waals surface area contributed by atoms with Crippen LogP contribution in [0.25, 0.3) is 22.2 Å². The van der Waals surface area contributed by atoms with Crippen LogP contribution in [0.2, 0.25) is 5.02 Å². The van der Waals surface area contributed by atoms with E-state index in [9.17, 15) is 5.11 Å². The Hall–Kier alpha value is -1.89. The minimum absolute atomic E-state index is 0.317. The number of hydrogen-bond acceptors (Lipinski definition) is 5. The van der Waals surface area contributed by atoms with Gasteiger partial charge >= 0.3 is 0 Å². The number of ether oxygens (including phenoxy) is 1. The summed E-state index contributed by atoms with van der Waals surface area (Å²) in [5.41, 5.74) is 2.64. The van der Waals surface area contributed by atoms with Gasteiger partial charge in [-0.05, 0) is 24.8 Å². The van der Waals surface area contributed by atoms with Gasteiger partial charge in [-0.2, -0.15) is 0 Å². The fourth-order valence-corrected chi connectivity index (χ4v) is 4.13. The number of β-amino-alcohol motifs (C(OH)–C–C–N with tert-alkyl or cyclic N) is 1. The van der Waals surface area contributed by atoms with E-state index in [1.165, 1.54) is 0 Å². The van der Waals surface area contributed by atoms with Gasteiger partial charge < -0.3 is 19.7 Å². The van der Waals surface area contributed by atoms with Crippen molar-refractivity contribution in [3.8, 4) is 17.0 Å². The second kappa shape index (κ2) is 7.02. The van der Waals surface area contributed by atoms with Crippen LogP contribution in [-0.4, -0.2) is 47.6 Å². The molecular formula is C19H20ClN3O2S. The largest absolute Gasteiger partial charge is 0.495 e. The number of aromatic nitrogens is 2. The summed E-state index contributed by atoms with van der Waals surface area (Å²) in [6.07, 6.45) is 4.32. The molecule has 0 saturated carbocycles. The molecule has 3 heterocycles. The Morgan fingerprint density at radius 3 is 2.96 bits per heavy atom. The lowest BCUT2D eigenvalue weighted by molar-refractivity contribution is 0.198. The zero-order valence-corrected chi connectivity index (χ0v) is 16.2. The number of pyridine rings is 1. The van der Waals surface area contributed by atoms with Crippen LogP contribution in [0, 0.1) is 0 Å². The number of hydrogen-bond donors (Lipinski definition) is 2. The first-order valence-electron chi connectivity index (χ1n) is 8.44. The number of halogens is 1. The van der Waals surface area contributed by atoms with E-state index < -0.39 is 0 Å². The molecule has 2 aromatic heterocycles. The lowest BCUT2D eigenvalue weighted by atomic mass is 10.1. The van der Waals surface area contributed by atoms with E-state index in [-0.39, 0.29) is 6.10 Å². The number of aliphatic hydroxyl groups excluding tert-OH is 1. The van der Waals surface area contributed by atoms with Crippen LogP contribution in [-0.2, 0) is 0 Å². The summed E-state index contributed by atoms with van der Waals surface area (Å²) < 4.78 is 5.47. The highest BCUT2D eigenvalue weighted by Crippen LogP contribution is 2.42. The van der Waals surface area contributed by atoms with Gasteiger partial charge in [-0.25, -0.2) is 4.98 Å². The molecule has 1 fully saturated rings. The number of thioether (sulfide) groups is 1. The molecule has 136 valence electrons. The Kier molecular flexibility index (Phi) is 4.73. The molecule has 0 spiro atoms. The lowest BCUT2D eigenvalue weighted by Crippen LogP contribution is -2.23. The predicted molar refractivity (Wildman–Crippen MR) is 108 cm³/mol. The Balaban J connectivity index is 1.92. The molecule has 0 amide bonds. The van der Waals surface area contributed by atoms with Gasteiger partial charge in [0.1, 0.15) is 11.6 Å². The lowest BCUT2D eigenvalue weighted by Gasteiger charge is -2.20. The Morgan fingerprint density at radius 2 is 2.27 bits per heavy atom. The molecule has 26 heavy (non-hydrogen) atoms. The topological polar surface area (TPSA) is 61.4 Å². The van der Waals surface area contributed by atoms with Crippen LogP contribution in [0.3, 0.4) is 0 Å². The number of methoxy groups -OCH3 is 1. The van der Waals surface area contributed by atoms with Gasteiger partial charge in [0.2, 0.25) is 0 Å². The third kappa shape index (κ3) is 2.92. The fourth-order valence-electron chi connectivity index (χ4n) is 3.43. The van der Waals surface area contributed by atoms with E-state index >= 15 is 0 Å². The monoisotopic (exact) mass is 389 g/mol. The van der Waals surface area contributed by atoms with Gasteiger partial charge in [0.15, 0.2) is 0 Å². The van der Waals surface area contributed by atoms with Gasteiger partial charge in [0, 0.05) is 35.1 Å². The summed E-state index contributed by atoms with van der Waals surface area (Å²) >= 11 is 8.37. The van der Waals surface area contributed by atoms with E-state index in [1.54, 1.807) is 18.9 Å². The number of anilines is 1. The molecule has 4 rings (SSSR count). The minimum Gasteiger partial charge on any atom is -0.495 e. The molecule has 5 nitrogen and oxygen atoms in total. The average molecular weight is 390 g/mol. The second-order valence-electron chi connectivity index (χ2n) is 6.33. The maximum Gasteiger partial charge on any atom is 0.142 e. The van der Waals surface area contributed by atoms with Crippen molar-refractivity contribution in [2.75, 3.05) is 31.4 Å². The fraction of sp³-hybridized carbons (Fsp3) is 0.316. The first kappa shape index (κ1) is 17.5. The first-order valence-corrected chi connectivity index (χ1v) is 10.0. The number of nitrogens with zero attached hydrogens (tertiary/aromatic N) is 2. The number of nitrogens with one attached hydrogen (secondary N) is 1. The number of aromatic amines is 1. The summed E-state index contributed by atoms with van der Waals surface area (Å²) in [6.45, 7) is 1.36. The third-order valence-corrected chi connectivity index (χ3v) is 5.85. The molecule has 0 radical (unpaired) electrons. The van der Waals surface area contributed by atoms with Gasteiger partial charge in [0.25, 0.3) is 0 Å². The summed E-state index contributed by atoms with van der Waals surface area (Å²) in [4.78, 5) is 11.3. The molecule has 0 aliphatic carbocycles. The Bertz CT molecular complexity index is 959. The number of aliphatic hydroxyl groups is 1. The third-order valence-electron chi connectivity index (χ3n) is 4.76. The summed E-state index contributed by atoms with van der Waals surface area (Å²) in [6, 6.07) is 7.91. The van der Waals surface area contributed by atoms with E-state index in [4.69, 9.17) is 16.3 Å². The molecule has 1 aliphatic heterocycles. The van der Waals surface area contributed by atoms with Crippen LogP contribution in [0.4, 0.5) is 5.82 Å². The van der Waals surface area contributed by atoms with Crippen molar-refractivity contribution in [2.45, 2.75) is 17.4 Å². The smallest absolute Gasteiger partial charge is 0.142 e. The molecular weight excluding hydrogens is 370 g/mol. The number of rotatable bonds is 4. The normalized spacial score (nSPS) is 17.2. The van der Waals surface area contributed by atoms with Gasteiger partial charge in [-0.1, -0.05) is 23.7 Å². The van der Waals surface area contributed by atoms with Crippen molar-refractivity contribution in [3.63, 3.8) is 0 Å². The van der Waals surface area contributed by atoms with Gasteiger partial charge in [-0.3, -0.25) is 0 Å². The van der Waals surface area contributed by atoms with Crippen LogP contribution in [0.15, 0.2) is 35.4 Å². The number of benzene rings is 1. The Labute approximate surface area is 161 Å². The molecule has 3 aromatic rings. The predicted octanol–water partition coefficient (Wildman–Crippen LogP) is 4.18. The van der Waals surface area contributed by atoms with E-state index in [0.717, 1.165) is 51.6 Å². The van der Waals surface area contributed by atoms with Gasteiger partial charge in [-0.15, -0.1) is 11.8 Å². The van der Waals surface area contributed by atoms with Crippen molar-refractivity contribution in [1.29, 1.82) is 0 Å². The highest BCUT2D eigenvalue weighted by molar-refractivity contribution is 7.98. The zero-order chi connectivity index (χ0) is 18.3. The van der Waals surface area contributed by atoms with Crippen LogP contribution < -0.4 is 9.64 Å². The van der Waals surface area contributed by atoms with Crippen LogP contribution >= 0.6 is 23.4 Å². The van der Waals surface area contributed by atoms with Crippen molar-refractivity contribution >= 4 is 40.1 Å². The molecule has 1 unspecified atom stereocenters. The highest BCUT2D eigenvalue weighted by Gasteiger charge is 2.26. The SMILES string of the molecule is COc1cccc2c(Cl)c(-c3cc(SC)cnc3N3CCC(O)C3)[nH]c12. The maximum absolute atomic E-state index is 9.94. The standard InChI is InChI=1S/C19H20ClN3O2S/c1-25-15-5-3-4-13-16(20)18(22-17(13)15)14-8-12(26-2)9-21-19(14)23-7-6-11(24)10-23/h3-5,8-9,11,22,24H,6-7,10H2,1-2H3. The molecule has 2 N–H and O–H groups in total. The van der Waals surface area contributed by atoms with E-state index in [2.05, 4.69) is 20.9 Å². The zero-order valence-electron chi connectivity index (χ0n) is 14.6. The number of para-hydroxylation sites is 1. The number of H-pyrrole nitrogens is 1. The molecule has 1 aromatic carbocycles. The van der Waals surface area contributed by atoms with Crippen molar-refractivity contribution in [2.24, 2.45) is 0 Å². The number of fused-ring (bicyclic) bond motifs is 1.